The van der Waals surface area contributed by atoms with Gasteiger partial charge in [-0.1, -0.05) is 36.4 Å². The van der Waals surface area contributed by atoms with Crippen LogP contribution in [-0.4, -0.2) is 12.5 Å². The van der Waals surface area contributed by atoms with E-state index < -0.39 is 5.41 Å². The van der Waals surface area contributed by atoms with Gasteiger partial charge in [-0.2, -0.15) is 0 Å². The molecule has 0 radical (unpaired) electrons. The van der Waals surface area contributed by atoms with Gasteiger partial charge in [-0.15, -0.1) is 0 Å². The van der Waals surface area contributed by atoms with Crippen LogP contribution in [0.5, 0.6) is 5.75 Å². The van der Waals surface area contributed by atoms with Crippen LogP contribution in [0, 0.1) is 5.41 Å². The predicted octanol–water partition coefficient (Wildman–Crippen LogP) is 2.73. The Hall–Kier alpha value is -2.03. The van der Waals surface area contributed by atoms with Crippen molar-refractivity contribution in [3.63, 3.8) is 0 Å². The number of hydrogen-bond acceptors (Lipinski definition) is 2. The summed E-state index contributed by atoms with van der Waals surface area (Å²) < 4.78 is 5.74. The molecule has 0 bridgehead atoms. The highest BCUT2D eigenvalue weighted by Crippen LogP contribution is 2.27. The molecule has 1 amide bonds. The van der Waals surface area contributed by atoms with Crippen LogP contribution in [0.25, 0.3) is 10.8 Å². The van der Waals surface area contributed by atoms with E-state index in [0.29, 0.717) is 0 Å². The fourth-order valence-corrected chi connectivity index (χ4v) is 1.65. The van der Waals surface area contributed by atoms with Crippen molar-refractivity contribution in [2.24, 2.45) is 11.1 Å². The molecule has 0 fully saturated rings. The van der Waals surface area contributed by atoms with Gasteiger partial charge in [0.25, 0.3) is 0 Å². The molecule has 2 aromatic rings. The lowest BCUT2D eigenvalue weighted by Gasteiger charge is -2.21. The summed E-state index contributed by atoms with van der Waals surface area (Å²) in [6, 6.07) is 13.9. The first-order valence-electron chi connectivity index (χ1n) is 5.91. The van der Waals surface area contributed by atoms with E-state index in [-0.39, 0.29) is 12.5 Å². The summed E-state index contributed by atoms with van der Waals surface area (Å²) in [5, 5.41) is 2.16. The second kappa shape index (κ2) is 4.69. The SMILES string of the molecule is CC(C)(COc1cccc2ccccc12)C(N)=O. The first-order valence-corrected chi connectivity index (χ1v) is 5.91. The molecule has 0 spiro atoms. The molecule has 0 aromatic heterocycles. The smallest absolute Gasteiger partial charge is 0.226 e. The van der Waals surface area contributed by atoms with Gasteiger partial charge in [0, 0.05) is 5.39 Å². The number of ether oxygens (including phenoxy) is 1. The number of carbonyl (C=O) groups excluding carboxylic acids is 1. The number of carbonyl (C=O) groups is 1. The summed E-state index contributed by atoms with van der Waals surface area (Å²) in [5.41, 5.74) is 4.66. The highest BCUT2D eigenvalue weighted by atomic mass is 16.5. The normalized spacial score (nSPS) is 11.4. The highest BCUT2D eigenvalue weighted by Gasteiger charge is 2.26. The van der Waals surface area contributed by atoms with E-state index >= 15 is 0 Å². The van der Waals surface area contributed by atoms with Crippen LogP contribution in [0.2, 0.25) is 0 Å². The predicted molar refractivity (Wildman–Crippen MR) is 72.4 cm³/mol. The number of benzene rings is 2. The van der Waals surface area contributed by atoms with E-state index in [1.54, 1.807) is 13.8 Å². The van der Waals surface area contributed by atoms with Crippen LogP contribution < -0.4 is 10.5 Å². The van der Waals surface area contributed by atoms with E-state index in [4.69, 9.17) is 10.5 Å². The summed E-state index contributed by atoms with van der Waals surface area (Å²) in [5.74, 6) is 0.421. The summed E-state index contributed by atoms with van der Waals surface area (Å²) >= 11 is 0. The fraction of sp³-hybridized carbons (Fsp3) is 0.267. The zero-order valence-corrected chi connectivity index (χ0v) is 10.6. The van der Waals surface area contributed by atoms with Gasteiger partial charge in [0.15, 0.2) is 0 Å². The molecule has 0 aliphatic heterocycles. The van der Waals surface area contributed by atoms with Gasteiger partial charge in [0.2, 0.25) is 5.91 Å². The molecule has 0 aliphatic carbocycles. The lowest BCUT2D eigenvalue weighted by molar-refractivity contribution is -0.127. The minimum atomic E-state index is -0.670. The molecule has 18 heavy (non-hydrogen) atoms. The Morgan fingerprint density at radius 1 is 1.17 bits per heavy atom. The quantitative estimate of drug-likeness (QED) is 0.897. The number of hydrogen-bond donors (Lipinski definition) is 1. The van der Waals surface area contributed by atoms with Crippen molar-refractivity contribution >= 4 is 16.7 Å². The number of nitrogens with two attached hydrogens (primary N) is 1. The number of fused-ring (bicyclic) bond motifs is 1. The van der Waals surface area contributed by atoms with Crippen LogP contribution >= 0.6 is 0 Å². The van der Waals surface area contributed by atoms with Gasteiger partial charge in [-0.05, 0) is 25.3 Å². The standard InChI is InChI=1S/C15H17NO2/c1-15(2,14(16)17)10-18-13-9-5-7-11-6-3-4-8-12(11)13/h3-9H,10H2,1-2H3,(H2,16,17). The van der Waals surface area contributed by atoms with Crippen molar-refractivity contribution in [2.45, 2.75) is 13.8 Å². The molecular formula is C15H17NO2. The number of amides is 1. The van der Waals surface area contributed by atoms with Gasteiger partial charge in [0.1, 0.15) is 12.4 Å². The third-order valence-corrected chi connectivity index (χ3v) is 3.01. The van der Waals surface area contributed by atoms with Crippen molar-refractivity contribution < 1.29 is 9.53 Å². The third kappa shape index (κ3) is 2.45. The Labute approximate surface area is 107 Å². The molecule has 0 heterocycles. The van der Waals surface area contributed by atoms with E-state index in [9.17, 15) is 4.79 Å². The second-order valence-corrected chi connectivity index (χ2v) is 5.01. The van der Waals surface area contributed by atoms with Crippen molar-refractivity contribution in [1.29, 1.82) is 0 Å². The van der Waals surface area contributed by atoms with Crippen molar-refractivity contribution in [2.75, 3.05) is 6.61 Å². The molecule has 0 saturated carbocycles. The third-order valence-electron chi connectivity index (χ3n) is 3.01. The number of rotatable bonds is 4. The summed E-state index contributed by atoms with van der Waals surface area (Å²) in [7, 11) is 0. The monoisotopic (exact) mass is 243 g/mol. The zero-order valence-electron chi connectivity index (χ0n) is 10.6. The van der Waals surface area contributed by atoms with Gasteiger partial charge in [-0.3, -0.25) is 4.79 Å². The Kier molecular flexibility index (Phi) is 3.24. The van der Waals surface area contributed by atoms with Crippen LogP contribution in [0.3, 0.4) is 0 Å². The second-order valence-electron chi connectivity index (χ2n) is 5.01. The van der Waals surface area contributed by atoms with Crippen molar-refractivity contribution in [1.82, 2.24) is 0 Å². The molecule has 2 N–H and O–H groups in total. The van der Waals surface area contributed by atoms with Crippen LogP contribution in [0.15, 0.2) is 42.5 Å². The minimum Gasteiger partial charge on any atom is -0.492 e. The molecule has 3 heteroatoms. The Morgan fingerprint density at radius 2 is 1.83 bits per heavy atom. The largest absolute Gasteiger partial charge is 0.492 e. The van der Waals surface area contributed by atoms with E-state index in [1.165, 1.54) is 0 Å². The average Bonchev–Trinajstić information content (AvgIpc) is 2.36. The maximum atomic E-state index is 11.2. The summed E-state index contributed by atoms with van der Waals surface area (Å²) in [6.45, 7) is 3.83. The number of primary amides is 1. The summed E-state index contributed by atoms with van der Waals surface area (Å²) in [6.07, 6.45) is 0. The molecule has 0 atom stereocenters. The highest BCUT2D eigenvalue weighted by molar-refractivity contribution is 5.88. The molecule has 3 nitrogen and oxygen atoms in total. The maximum absolute atomic E-state index is 11.2. The van der Waals surface area contributed by atoms with Crippen LogP contribution in [-0.2, 0) is 4.79 Å². The molecule has 0 saturated heterocycles. The van der Waals surface area contributed by atoms with Gasteiger partial charge < -0.3 is 10.5 Å². The lowest BCUT2D eigenvalue weighted by Crippen LogP contribution is -2.36. The molecule has 94 valence electrons. The zero-order chi connectivity index (χ0) is 13.2. The molecule has 0 unspecified atom stereocenters. The topological polar surface area (TPSA) is 52.3 Å². The fourth-order valence-electron chi connectivity index (χ4n) is 1.65. The molecule has 0 aliphatic rings. The van der Waals surface area contributed by atoms with Crippen LogP contribution in [0.4, 0.5) is 0 Å². The molecular weight excluding hydrogens is 226 g/mol. The maximum Gasteiger partial charge on any atom is 0.226 e. The van der Waals surface area contributed by atoms with Crippen LogP contribution in [0.1, 0.15) is 13.8 Å². The molecule has 2 rings (SSSR count). The van der Waals surface area contributed by atoms with Crippen molar-refractivity contribution in [3.05, 3.63) is 42.5 Å². The Morgan fingerprint density at radius 3 is 2.56 bits per heavy atom. The Balaban J connectivity index is 2.25. The average molecular weight is 243 g/mol. The van der Waals surface area contributed by atoms with E-state index in [1.807, 2.05) is 42.5 Å². The van der Waals surface area contributed by atoms with Gasteiger partial charge in [-0.25, -0.2) is 0 Å². The lowest BCUT2D eigenvalue weighted by atomic mass is 9.94. The summed E-state index contributed by atoms with van der Waals surface area (Å²) in [4.78, 5) is 11.2. The van der Waals surface area contributed by atoms with Gasteiger partial charge in [0.05, 0.1) is 5.41 Å². The first kappa shape index (κ1) is 12.4. The Bertz CT molecular complexity index is 570. The first-order chi connectivity index (χ1) is 8.50. The van der Waals surface area contributed by atoms with E-state index in [2.05, 4.69) is 0 Å². The van der Waals surface area contributed by atoms with Gasteiger partial charge >= 0.3 is 0 Å². The van der Waals surface area contributed by atoms with Crippen molar-refractivity contribution in [3.8, 4) is 5.75 Å². The van der Waals surface area contributed by atoms with E-state index in [0.717, 1.165) is 16.5 Å². The minimum absolute atomic E-state index is 0.274. The molecule has 2 aromatic carbocycles.